The van der Waals surface area contributed by atoms with E-state index in [1.165, 1.54) is 0 Å². The summed E-state index contributed by atoms with van der Waals surface area (Å²) in [4.78, 5) is 0. The van der Waals surface area contributed by atoms with Crippen LogP contribution < -0.4 is 15.2 Å². The van der Waals surface area contributed by atoms with Crippen molar-refractivity contribution in [3.63, 3.8) is 0 Å². The number of hydrogen-bond acceptors (Lipinski definition) is 4. The quantitative estimate of drug-likeness (QED) is 0.821. The minimum Gasteiger partial charge on any atom is -0.490 e. The van der Waals surface area contributed by atoms with Gasteiger partial charge in [-0.1, -0.05) is 30.3 Å². The predicted octanol–water partition coefficient (Wildman–Crippen LogP) is 2.62. The molecule has 3 N–H and O–H groups in total. The molecular formula is C17H21NO3. The summed E-state index contributed by atoms with van der Waals surface area (Å²) in [6.07, 6.45) is 0. The number of nitrogens with two attached hydrogens (primary N) is 1. The topological polar surface area (TPSA) is 64.7 Å². The second kappa shape index (κ2) is 7.67. The van der Waals surface area contributed by atoms with E-state index < -0.39 is 0 Å². The fraction of sp³-hybridized carbons (Fsp3) is 0.294. The lowest BCUT2D eigenvalue weighted by atomic mass is 10.1. The molecule has 0 amide bonds. The van der Waals surface area contributed by atoms with Gasteiger partial charge in [0.25, 0.3) is 0 Å². The molecule has 2 rings (SSSR count). The first-order chi connectivity index (χ1) is 10.3. The standard InChI is InChI=1S/C17H21NO3/c1-2-20-17-9-15(10-18)7-8-16(17)21-12-14-5-3-13(11-19)4-6-14/h3-9,19H,2,10-12,18H2,1H3. The maximum atomic E-state index is 9.02. The van der Waals surface area contributed by atoms with E-state index in [0.29, 0.717) is 31.3 Å². The summed E-state index contributed by atoms with van der Waals surface area (Å²) in [5.74, 6) is 1.42. The van der Waals surface area contributed by atoms with Crippen LogP contribution in [-0.4, -0.2) is 11.7 Å². The fourth-order valence-corrected chi connectivity index (χ4v) is 1.97. The molecule has 0 radical (unpaired) electrons. The Bertz CT molecular complexity index is 567. The largest absolute Gasteiger partial charge is 0.490 e. The molecule has 0 fully saturated rings. The Morgan fingerprint density at radius 1 is 0.905 bits per heavy atom. The lowest BCUT2D eigenvalue weighted by molar-refractivity contribution is 0.268. The Labute approximate surface area is 125 Å². The molecule has 112 valence electrons. The van der Waals surface area contributed by atoms with Gasteiger partial charge in [-0.05, 0) is 35.7 Å². The van der Waals surface area contributed by atoms with Crippen molar-refractivity contribution in [3.05, 3.63) is 59.2 Å². The summed E-state index contributed by atoms with van der Waals surface area (Å²) < 4.78 is 11.4. The van der Waals surface area contributed by atoms with Crippen LogP contribution in [-0.2, 0) is 19.8 Å². The normalized spacial score (nSPS) is 10.4. The zero-order chi connectivity index (χ0) is 15.1. The highest BCUT2D eigenvalue weighted by Gasteiger charge is 2.06. The average molecular weight is 287 g/mol. The number of rotatable bonds is 7. The zero-order valence-electron chi connectivity index (χ0n) is 12.2. The molecule has 4 heteroatoms. The number of aliphatic hydroxyl groups is 1. The van der Waals surface area contributed by atoms with E-state index in [1.54, 1.807) is 0 Å². The molecule has 0 bridgehead atoms. The van der Waals surface area contributed by atoms with Crippen LogP contribution in [0.2, 0.25) is 0 Å². The van der Waals surface area contributed by atoms with Gasteiger partial charge in [0.15, 0.2) is 11.5 Å². The molecule has 0 aliphatic carbocycles. The van der Waals surface area contributed by atoms with Gasteiger partial charge in [-0.3, -0.25) is 0 Å². The summed E-state index contributed by atoms with van der Waals surface area (Å²) >= 11 is 0. The van der Waals surface area contributed by atoms with Crippen LogP contribution in [0, 0.1) is 0 Å². The smallest absolute Gasteiger partial charge is 0.161 e. The molecule has 0 aromatic heterocycles. The van der Waals surface area contributed by atoms with Gasteiger partial charge in [-0.2, -0.15) is 0 Å². The molecule has 0 unspecified atom stereocenters. The van der Waals surface area contributed by atoms with Crippen molar-refractivity contribution in [1.29, 1.82) is 0 Å². The van der Waals surface area contributed by atoms with E-state index in [2.05, 4.69) is 0 Å². The van der Waals surface area contributed by atoms with Crippen LogP contribution in [0.3, 0.4) is 0 Å². The first-order valence-corrected chi connectivity index (χ1v) is 7.04. The van der Waals surface area contributed by atoms with E-state index in [4.69, 9.17) is 20.3 Å². The van der Waals surface area contributed by atoms with Crippen molar-refractivity contribution in [2.75, 3.05) is 6.61 Å². The Morgan fingerprint density at radius 3 is 2.19 bits per heavy atom. The van der Waals surface area contributed by atoms with Crippen LogP contribution in [0.25, 0.3) is 0 Å². The molecule has 0 spiro atoms. The molecule has 4 nitrogen and oxygen atoms in total. The summed E-state index contributed by atoms with van der Waals surface area (Å²) in [5.41, 5.74) is 8.58. The average Bonchev–Trinajstić information content (AvgIpc) is 2.54. The summed E-state index contributed by atoms with van der Waals surface area (Å²) in [7, 11) is 0. The molecule has 21 heavy (non-hydrogen) atoms. The van der Waals surface area contributed by atoms with Gasteiger partial charge in [0.05, 0.1) is 13.2 Å². The maximum Gasteiger partial charge on any atom is 0.161 e. The molecule has 0 heterocycles. The van der Waals surface area contributed by atoms with Gasteiger partial charge in [0, 0.05) is 6.54 Å². The lowest BCUT2D eigenvalue weighted by Crippen LogP contribution is -2.02. The van der Waals surface area contributed by atoms with E-state index in [-0.39, 0.29) is 6.61 Å². The molecule has 2 aromatic carbocycles. The number of aliphatic hydroxyl groups excluding tert-OH is 1. The van der Waals surface area contributed by atoms with E-state index >= 15 is 0 Å². The Morgan fingerprint density at radius 2 is 1.57 bits per heavy atom. The van der Waals surface area contributed by atoms with E-state index in [1.807, 2.05) is 49.4 Å². The van der Waals surface area contributed by atoms with Gasteiger partial charge in [-0.15, -0.1) is 0 Å². The Kier molecular flexibility index (Phi) is 5.60. The van der Waals surface area contributed by atoms with Crippen LogP contribution >= 0.6 is 0 Å². The van der Waals surface area contributed by atoms with Gasteiger partial charge >= 0.3 is 0 Å². The summed E-state index contributed by atoms with van der Waals surface area (Å²) in [6.45, 7) is 3.50. The fourth-order valence-electron chi connectivity index (χ4n) is 1.97. The third kappa shape index (κ3) is 4.21. The Balaban J connectivity index is 2.07. The number of ether oxygens (including phenoxy) is 2. The van der Waals surface area contributed by atoms with Gasteiger partial charge in [0.2, 0.25) is 0 Å². The lowest BCUT2D eigenvalue weighted by Gasteiger charge is -2.13. The van der Waals surface area contributed by atoms with Crippen molar-refractivity contribution < 1.29 is 14.6 Å². The van der Waals surface area contributed by atoms with E-state index in [9.17, 15) is 0 Å². The van der Waals surface area contributed by atoms with E-state index in [0.717, 1.165) is 16.7 Å². The van der Waals surface area contributed by atoms with Crippen molar-refractivity contribution >= 4 is 0 Å². The van der Waals surface area contributed by atoms with Crippen LogP contribution in [0.15, 0.2) is 42.5 Å². The predicted molar refractivity (Wildman–Crippen MR) is 82.2 cm³/mol. The monoisotopic (exact) mass is 287 g/mol. The van der Waals surface area contributed by atoms with Crippen molar-refractivity contribution in [2.45, 2.75) is 26.7 Å². The number of benzene rings is 2. The van der Waals surface area contributed by atoms with Crippen LogP contribution in [0.5, 0.6) is 11.5 Å². The summed E-state index contributed by atoms with van der Waals surface area (Å²) in [6, 6.07) is 13.4. The molecule has 0 aliphatic heterocycles. The van der Waals surface area contributed by atoms with Crippen molar-refractivity contribution in [1.82, 2.24) is 0 Å². The highest BCUT2D eigenvalue weighted by Crippen LogP contribution is 2.29. The second-order valence-electron chi connectivity index (χ2n) is 4.68. The molecule has 0 saturated heterocycles. The Hall–Kier alpha value is -2.04. The first kappa shape index (κ1) is 15.4. The number of hydrogen-bond donors (Lipinski definition) is 2. The minimum atomic E-state index is 0.0518. The molecule has 0 aliphatic rings. The van der Waals surface area contributed by atoms with Gasteiger partial charge < -0.3 is 20.3 Å². The molecule has 2 aromatic rings. The highest BCUT2D eigenvalue weighted by atomic mass is 16.5. The molecular weight excluding hydrogens is 266 g/mol. The minimum absolute atomic E-state index is 0.0518. The van der Waals surface area contributed by atoms with Crippen LogP contribution in [0.4, 0.5) is 0 Å². The first-order valence-electron chi connectivity index (χ1n) is 7.04. The highest BCUT2D eigenvalue weighted by molar-refractivity contribution is 5.43. The van der Waals surface area contributed by atoms with Crippen LogP contribution in [0.1, 0.15) is 23.6 Å². The van der Waals surface area contributed by atoms with Crippen molar-refractivity contribution in [2.24, 2.45) is 5.73 Å². The third-order valence-corrected chi connectivity index (χ3v) is 3.14. The second-order valence-corrected chi connectivity index (χ2v) is 4.68. The van der Waals surface area contributed by atoms with Gasteiger partial charge in [-0.25, -0.2) is 0 Å². The zero-order valence-corrected chi connectivity index (χ0v) is 12.2. The molecule has 0 atom stereocenters. The van der Waals surface area contributed by atoms with Crippen molar-refractivity contribution in [3.8, 4) is 11.5 Å². The summed E-state index contributed by atoms with van der Waals surface area (Å²) in [5, 5.41) is 9.02. The molecule has 0 saturated carbocycles. The third-order valence-electron chi connectivity index (χ3n) is 3.14. The maximum absolute atomic E-state index is 9.02. The van der Waals surface area contributed by atoms with Gasteiger partial charge in [0.1, 0.15) is 6.61 Å². The SMILES string of the molecule is CCOc1cc(CN)ccc1OCc1ccc(CO)cc1.